The third kappa shape index (κ3) is 4.55. The first kappa shape index (κ1) is 22.4. The molecule has 2 rings (SSSR count). The van der Waals surface area contributed by atoms with Crippen molar-refractivity contribution in [2.45, 2.75) is 58.0 Å². The van der Waals surface area contributed by atoms with Gasteiger partial charge in [-0.05, 0) is 43.4 Å². The SMILES string of the molecule is C=C(C)Nc1cc(CC=O)c(Cl)cc1[C@](C#CC1CC1)(C(C)CC)C(F)(F)F. The summed E-state index contributed by atoms with van der Waals surface area (Å²) >= 11 is 6.27. The summed E-state index contributed by atoms with van der Waals surface area (Å²) in [6.07, 6.45) is -1.97. The largest absolute Gasteiger partial charge is 0.409 e. The molecule has 2 atom stereocenters. The Bertz CT molecular complexity index is 818. The van der Waals surface area contributed by atoms with Crippen LogP contribution in [0, 0.1) is 23.7 Å². The summed E-state index contributed by atoms with van der Waals surface area (Å²) in [7, 11) is 0. The molecule has 2 nitrogen and oxygen atoms in total. The first-order chi connectivity index (χ1) is 13.1. The molecule has 6 heteroatoms. The van der Waals surface area contributed by atoms with Gasteiger partial charge in [-0.25, -0.2) is 0 Å². The molecule has 0 spiro atoms. The van der Waals surface area contributed by atoms with Crippen LogP contribution < -0.4 is 5.32 Å². The lowest BCUT2D eigenvalue weighted by atomic mass is 9.68. The Hall–Kier alpha value is -1.93. The summed E-state index contributed by atoms with van der Waals surface area (Å²) < 4.78 is 43.8. The Morgan fingerprint density at radius 1 is 1.43 bits per heavy atom. The van der Waals surface area contributed by atoms with Gasteiger partial charge in [0.05, 0.1) is 0 Å². The molecule has 1 unspecified atom stereocenters. The number of hydrogen-bond donors (Lipinski definition) is 1. The van der Waals surface area contributed by atoms with Gasteiger partial charge in [0.1, 0.15) is 6.29 Å². The maximum absolute atomic E-state index is 14.6. The molecular formula is C22H25ClF3NO. The van der Waals surface area contributed by atoms with Crippen molar-refractivity contribution in [3.8, 4) is 11.8 Å². The number of nitrogens with one attached hydrogen (secondary N) is 1. The van der Waals surface area contributed by atoms with Crippen LogP contribution in [0.1, 0.15) is 51.2 Å². The first-order valence-corrected chi connectivity index (χ1v) is 9.73. The van der Waals surface area contributed by atoms with Gasteiger partial charge < -0.3 is 10.1 Å². The molecule has 0 aliphatic heterocycles. The fourth-order valence-corrected chi connectivity index (χ4v) is 3.47. The number of halogens is 4. The molecule has 1 aliphatic carbocycles. The van der Waals surface area contributed by atoms with Gasteiger partial charge >= 0.3 is 6.18 Å². The number of hydrogen-bond acceptors (Lipinski definition) is 2. The van der Waals surface area contributed by atoms with E-state index in [1.807, 2.05) is 0 Å². The lowest BCUT2D eigenvalue weighted by Gasteiger charge is -2.38. The minimum Gasteiger partial charge on any atom is -0.359 e. The van der Waals surface area contributed by atoms with E-state index >= 15 is 0 Å². The highest BCUT2D eigenvalue weighted by Crippen LogP contribution is 2.51. The Morgan fingerprint density at radius 2 is 2.07 bits per heavy atom. The number of carbonyl (C=O) groups is 1. The van der Waals surface area contributed by atoms with Gasteiger partial charge in [-0.1, -0.05) is 50.3 Å². The number of anilines is 1. The second-order valence-corrected chi connectivity index (χ2v) is 7.83. The summed E-state index contributed by atoms with van der Waals surface area (Å²) in [6.45, 7) is 8.69. The predicted octanol–water partition coefficient (Wildman–Crippen LogP) is 6.29. The molecule has 0 amide bonds. The van der Waals surface area contributed by atoms with E-state index in [2.05, 4.69) is 23.7 Å². The molecule has 1 fully saturated rings. The zero-order chi connectivity index (χ0) is 21.1. The summed E-state index contributed by atoms with van der Waals surface area (Å²) in [5.74, 6) is 4.69. The van der Waals surface area contributed by atoms with Gasteiger partial charge in [-0.3, -0.25) is 0 Å². The van der Waals surface area contributed by atoms with E-state index in [0.29, 0.717) is 24.0 Å². The van der Waals surface area contributed by atoms with Gasteiger partial charge in [0, 0.05) is 34.3 Å². The van der Waals surface area contributed by atoms with Crippen LogP contribution in [-0.2, 0) is 16.6 Å². The molecular weight excluding hydrogens is 387 g/mol. The fourth-order valence-electron chi connectivity index (χ4n) is 3.23. The highest BCUT2D eigenvalue weighted by atomic mass is 35.5. The van der Waals surface area contributed by atoms with Crippen molar-refractivity contribution in [2.75, 3.05) is 5.32 Å². The zero-order valence-corrected chi connectivity index (χ0v) is 17.1. The standard InChI is InChI=1S/C22H25ClF3NO/c1-5-15(4)21(22(24,25)26,10-8-16-6-7-16)18-13-19(23)17(9-11-28)12-20(18)27-14(2)3/h11-13,15-16,27H,2,5-7,9H2,1,3-4H3/t15?,21-/m0/s1. The number of carbonyl (C=O) groups excluding carboxylic acids is 1. The summed E-state index contributed by atoms with van der Waals surface area (Å²) in [5.41, 5.74) is -1.22. The highest BCUT2D eigenvalue weighted by molar-refractivity contribution is 6.31. The Morgan fingerprint density at radius 3 is 2.54 bits per heavy atom. The molecule has 0 aromatic heterocycles. The van der Waals surface area contributed by atoms with Crippen molar-refractivity contribution in [3.05, 3.63) is 40.6 Å². The van der Waals surface area contributed by atoms with Gasteiger partial charge in [0.2, 0.25) is 0 Å². The average Bonchev–Trinajstić information content (AvgIpc) is 3.41. The molecule has 0 radical (unpaired) electrons. The molecule has 0 bridgehead atoms. The summed E-state index contributed by atoms with van der Waals surface area (Å²) in [6, 6.07) is 2.81. The van der Waals surface area contributed by atoms with Crippen LogP contribution in [0.25, 0.3) is 0 Å². The van der Waals surface area contributed by atoms with Crippen LogP contribution in [0.15, 0.2) is 24.4 Å². The van der Waals surface area contributed by atoms with E-state index < -0.39 is 17.5 Å². The molecule has 1 aromatic rings. The normalized spacial score (nSPS) is 17.1. The van der Waals surface area contributed by atoms with Gasteiger partial charge in [-0.15, -0.1) is 0 Å². The molecule has 1 aliphatic rings. The van der Waals surface area contributed by atoms with E-state index in [-0.39, 0.29) is 28.6 Å². The molecule has 28 heavy (non-hydrogen) atoms. The first-order valence-electron chi connectivity index (χ1n) is 9.35. The van der Waals surface area contributed by atoms with Crippen molar-refractivity contribution < 1.29 is 18.0 Å². The molecule has 0 saturated heterocycles. The van der Waals surface area contributed by atoms with Crippen molar-refractivity contribution in [1.82, 2.24) is 0 Å². The lowest BCUT2D eigenvalue weighted by molar-refractivity contribution is -0.186. The smallest absolute Gasteiger partial charge is 0.359 e. The predicted molar refractivity (Wildman–Crippen MR) is 107 cm³/mol. The molecule has 1 N–H and O–H groups in total. The average molecular weight is 412 g/mol. The Labute approximate surface area is 169 Å². The number of allylic oxidation sites excluding steroid dienone is 1. The third-order valence-electron chi connectivity index (χ3n) is 5.11. The molecule has 152 valence electrons. The van der Waals surface area contributed by atoms with Crippen molar-refractivity contribution in [2.24, 2.45) is 11.8 Å². The van der Waals surface area contributed by atoms with Crippen molar-refractivity contribution in [1.29, 1.82) is 0 Å². The number of alkyl halides is 3. The fraction of sp³-hybridized carbons (Fsp3) is 0.500. The van der Waals surface area contributed by atoms with Crippen LogP contribution in [0.2, 0.25) is 5.02 Å². The van der Waals surface area contributed by atoms with Gasteiger partial charge in [0.25, 0.3) is 0 Å². The van der Waals surface area contributed by atoms with Gasteiger partial charge in [0.15, 0.2) is 5.41 Å². The monoisotopic (exact) mass is 411 g/mol. The third-order valence-corrected chi connectivity index (χ3v) is 5.46. The quantitative estimate of drug-likeness (QED) is 0.422. The molecule has 1 saturated carbocycles. The van der Waals surface area contributed by atoms with Crippen LogP contribution >= 0.6 is 11.6 Å². The number of aldehydes is 1. The van der Waals surface area contributed by atoms with Crippen LogP contribution in [-0.4, -0.2) is 12.5 Å². The second-order valence-electron chi connectivity index (χ2n) is 7.42. The molecule has 0 heterocycles. The number of benzene rings is 1. The van der Waals surface area contributed by atoms with Crippen LogP contribution in [0.5, 0.6) is 0 Å². The van der Waals surface area contributed by atoms with E-state index in [0.717, 1.165) is 12.8 Å². The molecule has 1 aromatic carbocycles. The van der Waals surface area contributed by atoms with E-state index in [1.54, 1.807) is 20.8 Å². The van der Waals surface area contributed by atoms with Crippen molar-refractivity contribution >= 4 is 23.6 Å². The summed E-state index contributed by atoms with van der Waals surface area (Å²) in [5, 5.41) is 3.05. The maximum atomic E-state index is 14.6. The zero-order valence-electron chi connectivity index (χ0n) is 16.3. The van der Waals surface area contributed by atoms with E-state index in [1.165, 1.54) is 12.1 Å². The topological polar surface area (TPSA) is 29.1 Å². The van der Waals surface area contributed by atoms with Crippen LogP contribution in [0.3, 0.4) is 0 Å². The Kier molecular flexibility index (Phi) is 6.88. The van der Waals surface area contributed by atoms with Crippen molar-refractivity contribution in [3.63, 3.8) is 0 Å². The van der Waals surface area contributed by atoms with Gasteiger partial charge in [-0.2, -0.15) is 13.2 Å². The summed E-state index contributed by atoms with van der Waals surface area (Å²) in [4.78, 5) is 10.9. The maximum Gasteiger partial charge on any atom is 0.409 e. The number of rotatable bonds is 7. The minimum absolute atomic E-state index is 0.0140. The van der Waals surface area contributed by atoms with Crippen LogP contribution in [0.4, 0.5) is 18.9 Å². The highest BCUT2D eigenvalue weighted by Gasteiger charge is 2.59. The van der Waals surface area contributed by atoms with E-state index in [4.69, 9.17) is 11.6 Å². The Balaban J connectivity index is 2.83. The second kappa shape index (κ2) is 8.61. The lowest BCUT2D eigenvalue weighted by Crippen LogP contribution is -2.47. The minimum atomic E-state index is -4.61. The van der Waals surface area contributed by atoms with E-state index in [9.17, 15) is 18.0 Å².